The molecule has 1 heterocycles. The van der Waals surface area contributed by atoms with E-state index in [2.05, 4.69) is 10.3 Å². The summed E-state index contributed by atoms with van der Waals surface area (Å²) in [5.74, 6) is 0.358. The van der Waals surface area contributed by atoms with Crippen LogP contribution in [-0.2, 0) is 4.79 Å². The van der Waals surface area contributed by atoms with Crippen LogP contribution in [0.1, 0.15) is 11.6 Å². The number of amides is 1. The Bertz CT molecular complexity index is 1140. The average Bonchev–Trinajstić information content (AvgIpc) is 2.74. The topological polar surface area (TPSA) is 77.2 Å². The van der Waals surface area contributed by atoms with Crippen LogP contribution in [0.3, 0.4) is 0 Å². The van der Waals surface area contributed by atoms with Crippen molar-refractivity contribution in [1.29, 1.82) is 0 Å². The summed E-state index contributed by atoms with van der Waals surface area (Å²) in [7, 11) is 0. The summed E-state index contributed by atoms with van der Waals surface area (Å²) in [6.07, 6.45) is 1.72. The number of carbonyl (C=O) groups excluding carboxylic acids is 1. The number of nitrogens with one attached hydrogen (secondary N) is 1. The van der Waals surface area contributed by atoms with Crippen molar-refractivity contribution in [1.82, 2.24) is 4.98 Å². The van der Waals surface area contributed by atoms with Crippen LogP contribution < -0.4 is 15.8 Å². The van der Waals surface area contributed by atoms with Crippen LogP contribution in [0.5, 0.6) is 11.5 Å². The maximum absolute atomic E-state index is 13.1. The van der Waals surface area contributed by atoms with Gasteiger partial charge >= 0.3 is 0 Å². The number of primary amides is 1. The first-order chi connectivity index (χ1) is 14.1. The van der Waals surface area contributed by atoms with Crippen LogP contribution in [-0.4, -0.2) is 10.9 Å². The molecule has 1 amide bonds. The van der Waals surface area contributed by atoms with Crippen molar-refractivity contribution in [3.05, 3.63) is 96.4 Å². The van der Waals surface area contributed by atoms with Gasteiger partial charge in [-0.25, -0.2) is 4.39 Å². The third kappa shape index (κ3) is 4.16. The van der Waals surface area contributed by atoms with Crippen molar-refractivity contribution in [3.63, 3.8) is 0 Å². The Morgan fingerprint density at radius 3 is 2.41 bits per heavy atom. The van der Waals surface area contributed by atoms with Gasteiger partial charge in [-0.05, 0) is 54.1 Å². The van der Waals surface area contributed by atoms with Gasteiger partial charge in [-0.2, -0.15) is 0 Å². The number of nitrogens with zero attached hydrogens (tertiary/aromatic N) is 1. The smallest absolute Gasteiger partial charge is 0.244 e. The van der Waals surface area contributed by atoms with Gasteiger partial charge in [-0.3, -0.25) is 9.78 Å². The molecule has 144 valence electrons. The molecule has 0 aliphatic rings. The number of rotatable bonds is 6. The van der Waals surface area contributed by atoms with Gasteiger partial charge in [0.25, 0.3) is 0 Å². The first kappa shape index (κ1) is 18.4. The van der Waals surface area contributed by atoms with E-state index in [0.717, 1.165) is 10.9 Å². The van der Waals surface area contributed by atoms with Gasteiger partial charge in [-0.1, -0.05) is 30.3 Å². The molecule has 1 atom stereocenters. The van der Waals surface area contributed by atoms with Gasteiger partial charge < -0.3 is 15.8 Å². The Morgan fingerprint density at radius 2 is 1.69 bits per heavy atom. The molecule has 0 spiro atoms. The largest absolute Gasteiger partial charge is 0.455 e. The van der Waals surface area contributed by atoms with Gasteiger partial charge in [0.2, 0.25) is 5.91 Å². The highest BCUT2D eigenvalue weighted by molar-refractivity contribution is 5.85. The van der Waals surface area contributed by atoms with E-state index in [4.69, 9.17) is 10.5 Å². The molecule has 0 saturated heterocycles. The zero-order valence-corrected chi connectivity index (χ0v) is 15.4. The highest BCUT2D eigenvalue weighted by Gasteiger charge is 2.17. The molecular formula is C23H18FN3O2. The van der Waals surface area contributed by atoms with E-state index < -0.39 is 11.9 Å². The molecule has 5 nitrogen and oxygen atoms in total. The fraction of sp³-hybridized carbons (Fsp3) is 0.0435. The monoisotopic (exact) mass is 387 g/mol. The molecule has 3 aromatic carbocycles. The molecule has 1 unspecified atom stereocenters. The zero-order valence-electron chi connectivity index (χ0n) is 15.4. The predicted molar refractivity (Wildman–Crippen MR) is 110 cm³/mol. The number of carbonyl (C=O) groups is 1. The normalized spacial score (nSPS) is 11.8. The summed E-state index contributed by atoms with van der Waals surface area (Å²) in [6, 6.07) is 21.6. The van der Waals surface area contributed by atoms with Crippen LogP contribution in [0.4, 0.5) is 10.1 Å². The zero-order chi connectivity index (χ0) is 20.2. The average molecular weight is 387 g/mol. The molecule has 1 aromatic heterocycles. The highest BCUT2D eigenvalue weighted by Crippen LogP contribution is 2.29. The fourth-order valence-corrected chi connectivity index (χ4v) is 3.05. The summed E-state index contributed by atoms with van der Waals surface area (Å²) >= 11 is 0. The number of ether oxygens (including phenoxy) is 1. The minimum Gasteiger partial charge on any atom is -0.455 e. The summed E-state index contributed by atoms with van der Waals surface area (Å²) < 4.78 is 19.1. The third-order valence-electron chi connectivity index (χ3n) is 4.48. The number of fused-ring (bicyclic) bond motifs is 1. The second kappa shape index (κ2) is 7.98. The lowest BCUT2D eigenvalue weighted by atomic mass is 10.1. The second-order valence-corrected chi connectivity index (χ2v) is 6.49. The van der Waals surface area contributed by atoms with E-state index in [0.29, 0.717) is 22.7 Å². The molecule has 6 heteroatoms. The molecule has 0 aliphatic carbocycles. The standard InChI is InChI=1S/C23H18FN3O2/c24-17-8-6-16(7-9-17)22(23(25)28)27-18-10-12-19(13-11-18)29-20-5-1-3-15-4-2-14-26-21(15)20/h1-14,22,27H,(H2,25,28). The van der Waals surface area contributed by atoms with E-state index in [-0.39, 0.29) is 5.82 Å². The number of benzene rings is 3. The minimum atomic E-state index is -0.773. The lowest BCUT2D eigenvalue weighted by Crippen LogP contribution is -2.27. The molecular weight excluding hydrogens is 369 g/mol. The van der Waals surface area contributed by atoms with Crippen molar-refractivity contribution in [2.75, 3.05) is 5.32 Å². The van der Waals surface area contributed by atoms with E-state index >= 15 is 0 Å². The molecule has 0 fully saturated rings. The predicted octanol–water partition coefficient (Wildman–Crippen LogP) is 4.80. The number of nitrogens with two attached hydrogens (primary N) is 1. The molecule has 0 aliphatic heterocycles. The molecule has 3 N–H and O–H groups in total. The highest BCUT2D eigenvalue weighted by atomic mass is 19.1. The van der Waals surface area contributed by atoms with Gasteiger partial charge in [0.05, 0.1) is 0 Å². The lowest BCUT2D eigenvalue weighted by Gasteiger charge is -2.17. The van der Waals surface area contributed by atoms with Crippen molar-refractivity contribution >= 4 is 22.5 Å². The van der Waals surface area contributed by atoms with Crippen LogP contribution in [0.2, 0.25) is 0 Å². The third-order valence-corrected chi connectivity index (χ3v) is 4.48. The molecule has 4 aromatic rings. The summed E-state index contributed by atoms with van der Waals surface area (Å²) in [4.78, 5) is 16.2. The van der Waals surface area contributed by atoms with Crippen molar-refractivity contribution in [3.8, 4) is 11.5 Å². The van der Waals surface area contributed by atoms with Gasteiger partial charge in [0.1, 0.15) is 23.1 Å². The van der Waals surface area contributed by atoms with Crippen LogP contribution >= 0.6 is 0 Å². The summed E-state index contributed by atoms with van der Waals surface area (Å²) in [5.41, 5.74) is 7.56. The molecule has 0 saturated carbocycles. The lowest BCUT2D eigenvalue weighted by molar-refractivity contribution is -0.118. The van der Waals surface area contributed by atoms with Crippen molar-refractivity contribution in [2.45, 2.75) is 6.04 Å². The van der Waals surface area contributed by atoms with Crippen LogP contribution in [0, 0.1) is 5.82 Å². The SMILES string of the molecule is NC(=O)C(Nc1ccc(Oc2cccc3cccnc23)cc1)c1ccc(F)cc1. The summed E-state index contributed by atoms with van der Waals surface area (Å²) in [6.45, 7) is 0. The van der Waals surface area contributed by atoms with Crippen LogP contribution in [0.15, 0.2) is 85.1 Å². The van der Waals surface area contributed by atoms with E-state index in [1.165, 1.54) is 24.3 Å². The second-order valence-electron chi connectivity index (χ2n) is 6.49. The Hall–Kier alpha value is -3.93. The van der Waals surface area contributed by atoms with Gasteiger partial charge in [0.15, 0.2) is 5.75 Å². The molecule has 0 radical (unpaired) electrons. The Morgan fingerprint density at radius 1 is 0.966 bits per heavy atom. The maximum atomic E-state index is 13.1. The molecule has 0 bridgehead atoms. The minimum absolute atomic E-state index is 0.374. The number of para-hydroxylation sites is 1. The Kier molecular flexibility index (Phi) is 5.07. The number of halogens is 1. The number of anilines is 1. The Balaban J connectivity index is 1.52. The van der Waals surface area contributed by atoms with Crippen LogP contribution in [0.25, 0.3) is 10.9 Å². The number of hydrogen-bond acceptors (Lipinski definition) is 4. The van der Waals surface area contributed by atoms with Crippen molar-refractivity contribution < 1.29 is 13.9 Å². The fourth-order valence-electron chi connectivity index (χ4n) is 3.05. The van der Waals surface area contributed by atoms with Gasteiger partial charge in [0, 0.05) is 17.3 Å². The quantitative estimate of drug-likeness (QED) is 0.498. The van der Waals surface area contributed by atoms with Crippen molar-refractivity contribution in [2.24, 2.45) is 5.73 Å². The van der Waals surface area contributed by atoms with E-state index in [1.54, 1.807) is 30.5 Å². The van der Waals surface area contributed by atoms with Gasteiger partial charge in [-0.15, -0.1) is 0 Å². The first-order valence-corrected chi connectivity index (χ1v) is 9.03. The maximum Gasteiger partial charge on any atom is 0.244 e. The first-order valence-electron chi connectivity index (χ1n) is 9.03. The van der Waals surface area contributed by atoms with E-state index in [9.17, 15) is 9.18 Å². The molecule has 4 rings (SSSR count). The number of pyridine rings is 1. The Labute approximate surface area is 167 Å². The number of hydrogen-bond donors (Lipinski definition) is 2. The molecule has 29 heavy (non-hydrogen) atoms. The summed E-state index contributed by atoms with van der Waals surface area (Å²) in [5, 5.41) is 4.06. The van der Waals surface area contributed by atoms with E-state index in [1.807, 2.05) is 30.3 Å². The number of aromatic nitrogens is 1.